The molecule has 6 heteroatoms. The van der Waals surface area contributed by atoms with E-state index in [4.69, 9.17) is 4.84 Å². The molecule has 23 heavy (non-hydrogen) atoms. The molecule has 0 radical (unpaired) electrons. The molecule has 0 bridgehead atoms. The van der Waals surface area contributed by atoms with Gasteiger partial charge in [-0.1, -0.05) is 48.0 Å². The zero-order chi connectivity index (χ0) is 16.7. The third-order valence-electron chi connectivity index (χ3n) is 3.96. The van der Waals surface area contributed by atoms with Gasteiger partial charge < -0.3 is 4.84 Å². The Labute approximate surface area is 131 Å². The van der Waals surface area contributed by atoms with Crippen molar-refractivity contribution in [2.45, 2.75) is 25.1 Å². The van der Waals surface area contributed by atoms with Crippen LogP contribution in [0.2, 0.25) is 0 Å². The largest absolute Gasteiger partial charge is 0.413 e. The third-order valence-corrected chi connectivity index (χ3v) is 3.96. The zero-order valence-electron chi connectivity index (χ0n) is 12.3. The summed E-state index contributed by atoms with van der Waals surface area (Å²) in [5.41, 5.74) is -1.40. The predicted octanol–water partition coefficient (Wildman–Crippen LogP) is 4.09. The van der Waals surface area contributed by atoms with Crippen LogP contribution in [-0.4, -0.2) is 16.8 Å². The van der Waals surface area contributed by atoms with Gasteiger partial charge in [0, 0.05) is 10.5 Å². The summed E-state index contributed by atoms with van der Waals surface area (Å²) in [6.07, 6.45) is -5.28. The molecular formula is C17H14F3NO2. The SMILES string of the molecule is Cc1ccc(C2=[N+]([O-])OC(c3ccccc3)(C(F)(F)F)C2)cc1. The lowest BCUT2D eigenvalue weighted by atomic mass is 9.86. The number of aryl methyl sites for hydroxylation is 1. The number of nitrogens with zero attached hydrogens (tertiary/aromatic N) is 1. The molecule has 0 saturated carbocycles. The smallest absolute Gasteiger partial charge is 0.381 e. The number of alkyl halides is 3. The molecule has 0 aliphatic carbocycles. The van der Waals surface area contributed by atoms with Gasteiger partial charge in [0.25, 0.3) is 5.71 Å². The van der Waals surface area contributed by atoms with Gasteiger partial charge in [-0.15, -0.1) is 0 Å². The highest BCUT2D eigenvalue weighted by molar-refractivity contribution is 5.98. The Bertz CT molecular complexity index is 739. The van der Waals surface area contributed by atoms with Crippen LogP contribution in [-0.2, 0) is 10.4 Å². The fraction of sp³-hybridized carbons (Fsp3) is 0.235. The van der Waals surface area contributed by atoms with Crippen LogP contribution in [0.5, 0.6) is 0 Å². The van der Waals surface area contributed by atoms with E-state index in [2.05, 4.69) is 0 Å². The van der Waals surface area contributed by atoms with Crippen molar-refractivity contribution in [3.05, 3.63) is 76.5 Å². The molecule has 1 heterocycles. The third kappa shape index (κ3) is 2.54. The van der Waals surface area contributed by atoms with Gasteiger partial charge in [-0.3, -0.25) is 5.21 Å². The fourth-order valence-electron chi connectivity index (χ4n) is 2.66. The molecule has 0 amide bonds. The van der Waals surface area contributed by atoms with Gasteiger partial charge in [0.2, 0.25) is 5.60 Å². The van der Waals surface area contributed by atoms with E-state index in [0.29, 0.717) is 5.56 Å². The van der Waals surface area contributed by atoms with Gasteiger partial charge in [0.05, 0.1) is 6.42 Å². The van der Waals surface area contributed by atoms with Gasteiger partial charge in [0.1, 0.15) is 0 Å². The van der Waals surface area contributed by atoms with E-state index in [1.54, 1.807) is 30.3 Å². The molecule has 3 rings (SSSR count). The summed E-state index contributed by atoms with van der Waals surface area (Å²) in [5.74, 6) is 0. The Morgan fingerprint density at radius 3 is 2.22 bits per heavy atom. The number of hydrogen-bond donors (Lipinski definition) is 0. The van der Waals surface area contributed by atoms with Crippen molar-refractivity contribution in [1.82, 2.24) is 0 Å². The molecule has 2 aromatic rings. The second kappa shape index (κ2) is 5.30. The minimum Gasteiger partial charge on any atom is -0.381 e. The summed E-state index contributed by atoms with van der Waals surface area (Å²) in [5, 5.41) is 12.1. The minimum absolute atomic E-state index is 0.00877. The summed E-state index contributed by atoms with van der Waals surface area (Å²) < 4.78 is 41.2. The first-order valence-corrected chi connectivity index (χ1v) is 7.05. The van der Waals surface area contributed by atoms with Gasteiger partial charge in [-0.05, 0) is 24.6 Å². The fourth-order valence-corrected chi connectivity index (χ4v) is 2.66. The van der Waals surface area contributed by atoms with Crippen molar-refractivity contribution in [2.75, 3.05) is 0 Å². The van der Waals surface area contributed by atoms with Crippen LogP contribution < -0.4 is 0 Å². The lowest BCUT2D eigenvalue weighted by Crippen LogP contribution is -2.43. The summed E-state index contributed by atoms with van der Waals surface area (Å²) in [6, 6.07) is 14.0. The Morgan fingerprint density at radius 1 is 1.04 bits per heavy atom. The average molecular weight is 321 g/mol. The number of benzene rings is 2. The molecular weight excluding hydrogens is 307 g/mol. The van der Waals surface area contributed by atoms with Crippen molar-refractivity contribution in [2.24, 2.45) is 0 Å². The van der Waals surface area contributed by atoms with Crippen LogP contribution in [0, 0.1) is 12.1 Å². The molecule has 0 spiro atoms. The van der Waals surface area contributed by atoms with Crippen molar-refractivity contribution < 1.29 is 22.9 Å². The second-order valence-electron chi connectivity index (χ2n) is 5.53. The minimum atomic E-state index is -4.72. The molecule has 1 aliphatic heterocycles. The highest BCUT2D eigenvalue weighted by atomic mass is 19.4. The second-order valence-corrected chi connectivity index (χ2v) is 5.53. The maximum atomic E-state index is 13.7. The zero-order valence-corrected chi connectivity index (χ0v) is 12.3. The van der Waals surface area contributed by atoms with Crippen LogP contribution in [0.3, 0.4) is 0 Å². The summed E-state index contributed by atoms with van der Waals surface area (Å²) >= 11 is 0. The molecule has 0 saturated heterocycles. The summed E-state index contributed by atoms with van der Waals surface area (Å²) in [6.45, 7) is 1.86. The molecule has 2 aromatic carbocycles. The van der Waals surface area contributed by atoms with Crippen LogP contribution in [0.4, 0.5) is 13.2 Å². The number of hydrogen-bond acceptors (Lipinski definition) is 2. The first-order chi connectivity index (χ1) is 10.8. The van der Waals surface area contributed by atoms with E-state index >= 15 is 0 Å². The Balaban J connectivity index is 2.05. The quantitative estimate of drug-likeness (QED) is 0.781. The van der Waals surface area contributed by atoms with Crippen molar-refractivity contribution in [3.63, 3.8) is 0 Å². The highest BCUT2D eigenvalue weighted by Gasteiger charge is 2.62. The maximum absolute atomic E-state index is 13.7. The number of halogens is 3. The van der Waals surface area contributed by atoms with Gasteiger partial charge in [-0.25, -0.2) is 0 Å². The van der Waals surface area contributed by atoms with E-state index < -0.39 is 18.2 Å². The molecule has 120 valence electrons. The van der Waals surface area contributed by atoms with E-state index in [1.165, 1.54) is 24.3 Å². The van der Waals surface area contributed by atoms with E-state index in [9.17, 15) is 18.4 Å². The van der Waals surface area contributed by atoms with Crippen LogP contribution in [0.1, 0.15) is 23.1 Å². The molecule has 1 aliphatic rings. The Morgan fingerprint density at radius 2 is 1.65 bits per heavy atom. The Hall–Kier alpha value is -2.50. The van der Waals surface area contributed by atoms with Crippen LogP contribution in [0.25, 0.3) is 0 Å². The van der Waals surface area contributed by atoms with Gasteiger partial charge in [-0.2, -0.15) is 13.2 Å². The molecule has 0 fully saturated rings. The normalized spacial score (nSPS) is 21.4. The van der Waals surface area contributed by atoms with Crippen molar-refractivity contribution in [3.8, 4) is 0 Å². The highest BCUT2D eigenvalue weighted by Crippen LogP contribution is 2.48. The van der Waals surface area contributed by atoms with Crippen LogP contribution >= 0.6 is 0 Å². The topological polar surface area (TPSA) is 35.3 Å². The first-order valence-electron chi connectivity index (χ1n) is 7.05. The maximum Gasteiger partial charge on any atom is 0.413 e. The van der Waals surface area contributed by atoms with Gasteiger partial charge >= 0.3 is 6.18 Å². The summed E-state index contributed by atoms with van der Waals surface area (Å²) in [7, 11) is 0. The Kier molecular flexibility index (Phi) is 3.55. The molecule has 1 unspecified atom stereocenters. The molecule has 1 atom stereocenters. The molecule has 0 N–H and O–H groups in total. The van der Waals surface area contributed by atoms with E-state index in [-0.39, 0.29) is 16.2 Å². The molecule has 0 aromatic heterocycles. The van der Waals surface area contributed by atoms with Crippen molar-refractivity contribution >= 4 is 5.71 Å². The summed E-state index contributed by atoms with van der Waals surface area (Å²) in [4.78, 5) is 4.80. The predicted molar refractivity (Wildman–Crippen MR) is 78.8 cm³/mol. The van der Waals surface area contributed by atoms with Gasteiger partial charge in [0.15, 0.2) is 0 Å². The average Bonchev–Trinajstić information content (AvgIpc) is 2.88. The number of rotatable bonds is 2. The standard InChI is InChI=1S/C17H14F3NO2/c1-12-7-9-13(10-8-12)15-11-16(17(18,19)20,23-21(15)22)14-5-3-2-4-6-14/h2-10H,11H2,1H3. The lowest BCUT2D eigenvalue weighted by Gasteiger charge is -2.32. The van der Waals surface area contributed by atoms with E-state index in [1.807, 2.05) is 6.92 Å². The monoisotopic (exact) mass is 321 g/mol. The van der Waals surface area contributed by atoms with E-state index in [0.717, 1.165) is 5.56 Å². The molecule has 3 nitrogen and oxygen atoms in total. The van der Waals surface area contributed by atoms with Crippen LogP contribution in [0.15, 0.2) is 54.6 Å². The lowest BCUT2D eigenvalue weighted by molar-refractivity contribution is -0.764. The first kappa shape index (κ1) is 15.4. The van der Waals surface area contributed by atoms with Crippen molar-refractivity contribution in [1.29, 1.82) is 0 Å².